The molecule has 0 bridgehead atoms. The standard InChI is InChI=1S/C13H18IN3O2/c1-16-7-3-2-4-11(16)9-15-12-6-5-10(14)8-13(12)17(18)19/h5-6,8,11,15H,2-4,7,9H2,1H3. The maximum absolute atomic E-state index is 11.0. The van der Waals surface area contributed by atoms with E-state index in [1.54, 1.807) is 12.1 Å². The van der Waals surface area contributed by atoms with Crippen molar-refractivity contribution in [1.82, 2.24) is 4.90 Å². The number of likely N-dealkylation sites (tertiary alicyclic amines) is 1. The van der Waals surface area contributed by atoms with Crippen LogP contribution in [-0.2, 0) is 0 Å². The van der Waals surface area contributed by atoms with Gasteiger partial charge in [0, 0.05) is 22.2 Å². The third-order valence-corrected chi connectivity index (χ3v) is 4.28. The summed E-state index contributed by atoms with van der Waals surface area (Å²) in [5.74, 6) is 0. The Morgan fingerprint density at radius 2 is 2.32 bits per heavy atom. The van der Waals surface area contributed by atoms with Gasteiger partial charge in [-0.15, -0.1) is 0 Å². The van der Waals surface area contributed by atoms with Crippen molar-refractivity contribution >= 4 is 34.0 Å². The summed E-state index contributed by atoms with van der Waals surface area (Å²) in [4.78, 5) is 13.0. The Hall–Kier alpha value is -0.890. The van der Waals surface area contributed by atoms with Gasteiger partial charge in [0.15, 0.2) is 0 Å². The van der Waals surface area contributed by atoms with Gasteiger partial charge in [0.05, 0.1) is 4.92 Å². The third-order valence-electron chi connectivity index (χ3n) is 3.61. The predicted octanol–water partition coefficient (Wildman–Crippen LogP) is 3.10. The van der Waals surface area contributed by atoms with E-state index in [1.807, 2.05) is 6.07 Å². The van der Waals surface area contributed by atoms with Crippen LogP contribution in [0.15, 0.2) is 18.2 Å². The molecule has 19 heavy (non-hydrogen) atoms. The first-order valence-corrected chi connectivity index (χ1v) is 7.54. The molecule has 1 fully saturated rings. The van der Waals surface area contributed by atoms with Gasteiger partial charge in [-0.05, 0) is 61.2 Å². The lowest BCUT2D eigenvalue weighted by atomic mass is 10.0. The van der Waals surface area contributed by atoms with Crippen molar-refractivity contribution in [3.8, 4) is 0 Å². The van der Waals surface area contributed by atoms with Crippen LogP contribution < -0.4 is 5.32 Å². The van der Waals surface area contributed by atoms with Crippen LogP contribution in [0.4, 0.5) is 11.4 Å². The molecule has 104 valence electrons. The first-order chi connectivity index (χ1) is 9.08. The number of nitrogens with zero attached hydrogens (tertiary/aromatic N) is 2. The van der Waals surface area contributed by atoms with Gasteiger partial charge in [-0.3, -0.25) is 10.1 Å². The number of hydrogen-bond donors (Lipinski definition) is 1. The van der Waals surface area contributed by atoms with Crippen molar-refractivity contribution in [2.45, 2.75) is 25.3 Å². The summed E-state index contributed by atoms with van der Waals surface area (Å²) in [5, 5.41) is 14.3. The van der Waals surface area contributed by atoms with Crippen molar-refractivity contribution in [2.75, 3.05) is 25.5 Å². The number of benzene rings is 1. The number of nitrogens with one attached hydrogen (secondary N) is 1. The number of halogens is 1. The van der Waals surface area contributed by atoms with Gasteiger partial charge < -0.3 is 10.2 Å². The quantitative estimate of drug-likeness (QED) is 0.499. The number of nitro groups is 1. The highest BCUT2D eigenvalue weighted by molar-refractivity contribution is 14.1. The first-order valence-electron chi connectivity index (χ1n) is 6.46. The lowest BCUT2D eigenvalue weighted by Crippen LogP contribution is -2.40. The zero-order valence-corrected chi connectivity index (χ0v) is 13.1. The van der Waals surface area contributed by atoms with E-state index in [1.165, 1.54) is 12.8 Å². The van der Waals surface area contributed by atoms with Gasteiger partial charge in [0.25, 0.3) is 5.69 Å². The second-order valence-corrected chi connectivity index (χ2v) is 6.18. The molecule has 1 aliphatic rings. The molecule has 2 rings (SSSR count). The Morgan fingerprint density at radius 1 is 1.53 bits per heavy atom. The molecule has 1 unspecified atom stereocenters. The van der Waals surface area contributed by atoms with Crippen LogP contribution in [0.25, 0.3) is 0 Å². The van der Waals surface area contributed by atoms with Gasteiger partial charge in [-0.25, -0.2) is 0 Å². The van der Waals surface area contributed by atoms with Crippen LogP contribution in [0.2, 0.25) is 0 Å². The van der Waals surface area contributed by atoms with Gasteiger partial charge in [0.1, 0.15) is 5.69 Å². The van der Waals surface area contributed by atoms with Crippen LogP contribution in [-0.4, -0.2) is 36.0 Å². The van der Waals surface area contributed by atoms with Gasteiger partial charge in [0.2, 0.25) is 0 Å². The molecule has 5 nitrogen and oxygen atoms in total. The Bertz CT molecular complexity index is 467. The van der Waals surface area contributed by atoms with Crippen molar-refractivity contribution in [1.29, 1.82) is 0 Å². The lowest BCUT2D eigenvalue weighted by Gasteiger charge is -2.32. The summed E-state index contributed by atoms with van der Waals surface area (Å²) in [5.41, 5.74) is 0.773. The molecule has 6 heteroatoms. The largest absolute Gasteiger partial charge is 0.378 e. The number of likely N-dealkylation sites (N-methyl/N-ethyl adjacent to an activating group) is 1. The highest BCUT2D eigenvalue weighted by Crippen LogP contribution is 2.27. The summed E-state index contributed by atoms with van der Waals surface area (Å²) < 4.78 is 0.879. The van der Waals surface area contributed by atoms with Crippen LogP contribution in [0.3, 0.4) is 0 Å². The van der Waals surface area contributed by atoms with E-state index < -0.39 is 0 Å². The fraction of sp³-hybridized carbons (Fsp3) is 0.538. The summed E-state index contributed by atoms with van der Waals surface area (Å²) in [6, 6.07) is 5.75. The summed E-state index contributed by atoms with van der Waals surface area (Å²) >= 11 is 2.09. The molecule has 0 spiro atoms. The SMILES string of the molecule is CN1CCCCC1CNc1ccc(I)cc1[N+](=O)[O-]. The van der Waals surface area contributed by atoms with E-state index in [9.17, 15) is 10.1 Å². The fourth-order valence-electron chi connectivity index (χ4n) is 2.44. The second kappa shape index (κ2) is 6.51. The van der Waals surface area contributed by atoms with Crippen LogP contribution >= 0.6 is 22.6 Å². The molecule has 1 aromatic carbocycles. The summed E-state index contributed by atoms with van der Waals surface area (Å²) in [6.07, 6.45) is 3.64. The minimum Gasteiger partial charge on any atom is -0.378 e. The van der Waals surface area contributed by atoms with Crippen molar-refractivity contribution in [3.05, 3.63) is 31.9 Å². The lowest BCUT2D eigenvalue weighted by molar-refractivity contribution is -0.384. The first kappa shape index (κ1) is 14.5. The zero-order chi connectivity index (χ0) is 13.8. The van der Waals surface area contributed by atoms with Gasteiger partial charge in [-0.2, -0.15) is 0 Å². The minimum atomic E-state index is -0.324. The molecule has 1 saturated heterocycles. The number of rotatable bonds is 4. The molecule has 0 radical (unpaired) electrons. The number of anilines is 1. The molecule has 1 heterocycles. The van der Waals surface area contributed by atoms with Gasteiger partial charge >= 0.3 is 0 Å². The van der Waals surface area contributed by atoms with Crippen LogP contribution in [0.5, 0.6) is 0 Å². The topological polar surface area (TPSA) is 58.4 Å². The highest BCUT2D eigenvalue weighted by atomic mass is 127. The summed E-state index contributed by atoms with van der Waals surface area (Å²) in [7, 11) is 2.12. The molecule has 1 aromatic rings. The highest BCUT2D eigenvalue weighted by Gasteiger charge is 2.20. The van der Waals surface area contributed by atoms with Gasteiger partial charge in [-0.1, -0.05) is 6.42 Å². The maximum atomic E-state index is 11.0. The Labute approximate surface area is 126 Å². The van der Waals surface area contributed by atoms with Crippen molar-refractivity contribution in [3.63, 3.8) is 0 Å². The molecular formula is C13H18IN3O2. The normalized spacial score (nSPS) is 20.2. The summed E-state index contributed by atoms with van der Waals surface area (Å²) in [6.45, 7) is 1.87. The van der Waals surface area contributed by atoms with E-state index in [0.717, 1.165) is 23.1 Å². The number of hydrogen-bond acceptors (Lipinski definition) is 4. The van der Waals surface area contributed by atoms with Crippen molar-refractivity contribution < 1.29 is 4.92 Å². The Kier molecular flexibility index (Phi) is 4.98. The average Bonchev–Trinajstić information content (AvgIpc) is 2.38. The van der Waals surface area contributed by atoms with E-state index in [-0.39, 0.29) is 10.6 Å². The maximum Gasteiger partial charge on any atom is 0.293 e. The number of nitro benzene ring substituents is 1. The average molecular weight is 375 g/mol. The molecule has 0 amide bonds. The number of piperidine rings is 1. The van der Waals surface area contributed by atoms with E-state index >= 15 is 0 Å². The zero-order valence-electron chi connectivity index (χ0n) is 10.9. The second-order valence-electron chi connectivity index (χ2n) is 4.93. The molecular weight excluding hydrogens is 357 g/mol. The van der Waals surface area contributed by atoms with Crippen LogP contribution in [0.1, 0.15) is 19.3 Å². The minimum absolute atomic E-state index is 0.158. The molecule has 1 aliphatic heterocycles. The van der Waals surface area contributed by atoms with Crippen LogP contribution in [0, 0.1) is 13.7 Å². The molecule has 1 N–H and O–H groups in total. The predicted molar refractivity (Wildman–Crippen MR) is 84.6 cm³/mol. The van der Waals surface area contributed by atoms with Crippen molar-refractivity contribution in [2.24, 2.45) is 0 Å². The molecule has 1 atom stereocenters. The smallest absolute Gasteiger partial charge is 0.293 e. The molecule has 0 saturated carbocycles. The molecule has 0 aliphatic carbocycles. The van der Waals surface area contributed by atoms with E-state index in [4.69, 9.17) is 0 Å². The monoisotopic (exact) mass is 375 g/mol. The Balaban J connectivity index is 2.04. The Morgan fingerprint density at radius 3 is 3.00 bits per heavy atom. The molecule has 0 aromatic heterocycles. The third kappa shape index (κ3) is 3.79. The fourth-order valence-corrected chi connectivity index (χ4v) is 2.91. The van der Waals surface area contributed by atoms with E-state index in [2.05, 4.69) is 39.9 Å². The van der Waals surface area contributed by atoms with E-state index in [0.29, 0.717) is 11.7 Å².